The fraction of sp³-hybridized carbons (Fsp3) is 0.231. The number of amides is 1. The molecule has 1 aliphatic rings. The molecule has 9 nitrogen and oxygen atoms in total. The number of halogens is 3. The minimum atomic E-state index is -4.43. The zero-order chi connectivity index (χ0) is 27.0. The lowest BCUT2D eigenvalue weighted by molar-refractivity contribution is -0.137. The van der Waals surface area contributed by atoms with Crippen LogP contribution in [0.2, 0.25) is 0 Å². The molecule has 198 valence electrons. The number of benzene rings is 2. The monoisotopic (exact) mass is 527 g/mol. The number of furan rings is 1. The van der Waals surface area contributed by atoms with Crippen LogP contribution in [0.15, 0.2) is 57.7 Å². The smallest absolute Gasteiger partial charge is 0.414 e. The van der Waals surface area contributed by atoms with Crippen LogP contribution in [0, 0.1) is 6.54 Å². The van der Waals surface area contributed by atoms with E-state index in [-0.39, 0.29) is 24.2 Å². The first kappa shape index (κ1) is 25.1. The van der Waals surface area contributed by atoms with Crippen molar-refractivity contribution in [2.75, 3.05) is 26.1 Å². The van der Waals surface area contributed by atoms with Crippen molar-refractivity contribution in [3.05, 3.63) is 93.6 Å². The van der Waals surface area contributed by atoms with E-state index < -0.39 is 17.3 Å². The minimum Gasteiger partial charge on any atom is -0.497 e. The highest BCUT2D eigenvalue weighted by atomic mass is 19.4. The van der Waals surface area contributed by atoms with Crippen molar-refractivity contribution in [2.45, 2.75) is 19.1 Å². The first-order valence-electron chi connectivity index (χ1n) is 11.5. The molecule has 0 radical (unpaired) electrons. The molecule has 5 rings (SSSR count). The highest BCUT2D eigenvalue weighted by Crippen LogP contribution is 2.29. The summed E-state index contributed by atoms with van der Waals surface area (Å²) in [6, 6.07) is 11.3. The lowest BCUT2D eigenvalue weighted by atomic mass is 10.1. The second-order valence-corrected chi connectivity index (χ2v) is 8.54. The van der Waals surface area contributed by atoms with Crippen LogP contribution in [-0.2, 0) is 19.1 Å². The summed E-state index contributed by atoms with van der Waals surface area (Å²) in [5.41, 5.74) is 0.488. The van der Waals surface area contributed by atoms with Gasteiger partial charge in [0.05, 0.1) is 24.9 Å². The van der Waals surface area contributed by atoms with E-state index in [1.807, 2.05) is 0 Å². The molecule has 0 bridgehead atoms. The minimum absolute atomic E-state index is 0.00657. The molecule has 0 saturated heterocycles. The number of carbonyl (C=O) groups excluding carboxylic acids is 1. The largest absolute Gasteiger partial charge is 0.497 e. The highest BCUT2D eigenvalue weighted by Gasteiger charge is 2.30. The number of nitrogens with zero attached hydrogens (tertiary/aromatic N) is 3. The zero-order valence-corrected chi connectivity index (χ0v) is 20.3. The molecule has 1 aliphatic heterocycles. The number of hydrogen-bond acceptors (Lipinski definition) is 7. The molecule has 0 spiro atoms. The number of methoxy groups -OCH3 is 1. The number of hydrogen-bond donors (Lipinski definition) is 1. The molecule has 1 amide bonds. The van der Waals surface area contributed by atoms with Crippen molar-refractivity contribution in [1.82, 2.24) is 14.6 Å². The first-order chi connectivity index (χ1) is 18.2. The summed E-state index contributed by atoms with van der Waals surface area (Å²) in [6.07, 6.45) is -4.13. The Bertz CT molecular complexity index is 1560. The van der Waals surface area contributed by atoms with E-state index in [4.69, 9.17) is 14.0 Å². The Hall–Kier alpha value is -4.61. The molecule has 0 saturated carbocycles. The van der Waals surface area contributed by atoms with Crippen LogP contribution in [0.5, 0.6) is 5.75 Å². The Morgan fingerprint density at radius 1 is 1.13 bits per heavy atom. The first-order valence-corrected chi connectivity index (χ1v) is 11.5. The summed E-state index contributed by atoms with van der Waals surface area (Å²) in [7, 11) is 2.83. The summed E-state index contributed by atoms with van der Waals surface area (Å²) < 4.78 is 50.3. The Balaban J connectivity index is 1.34. The third-order valence-corrected chi connectivity index (χ3v) is 6.20. The Labute approximate surface area is 214 Å². The number of aromatic nitrogens is 2. The predicted octanol–water partition coefficient (Wildman–Crippen LogP) is 3.90. The fourth-order valence-corrected chi connectivity index (χ4v) is 4.22. The summed E-state index contributed by atoms with van der Waals surface area (Å²) in [5.74, 6) is 0.464. The number of nitrogens with one attached hydrogen (secondary N) is 1. The van der Waals surface area contributed by atoms with Gasteiger partial charge in [-0.15, -0.1) is 16.9 Å². The zero-order valence-electron chi connectivity index (χ0n) is 20.3. The van der Waals surface area contributed by atoms with Gasteiger partial charge in [-0.25, -0.2) is 4.98 Å². The number of fused-ring (bicyclic) bond motifs is 2. The van der Waals surface area contributed by atoms with Crippen molar-refractivity contribution in [2.24, 2.45) is 0 Å². The number of ether oxygens (including phenoxy) is 1. The van der Waals surface area contributed by atoms with E-state index in [1.165, 1.54) is 30.7 Å². The van der Waals surface area contributed by atoms with Crippen LogP contribution < -0.4 is 20.5 Å². The summed E-state index contributed by atoms with van der Waals surface area (Å²) >= 11 is 0. The van der Waals surface area contributed by atoms with Gasteiger partial charge in [-0.05, 0) is 24.3 Å². The SMILES string of the molecule is COc1ccc2oc(C(=O)N3CCc4nc(N[CH-]c5ccc(C(F)(F)F)cc5)n(OC)c(=O)c4C3)cc2c1. The van der Waals surface area contributed by atoms with Gasteiger partial charge >= 0.3 is 6.18 Å². The van der Waals surface area contributed by atoms with E-state index in [9.17, 15) is 22.8 Å². The van der Waals surface area contributed by atoms with Crippen molar-refractivity contribution in [3.8, 4) is 5.75 Å². The number of rotatable bonds is 6. The Morgan fingerprint density at radius 2 is 1.89 bits per heavy atom. The molecule has 0 atom stereocenters. The molecule has 0 aliphatic carbocycles. The summed E-state index contributed by atoms with van der Waals surface area (Å²) in [4.78, 5) is 37.5. The van der Waals surface area contributed by atoms with Crippen molar-refractivity contribution in [3.63, 3.8) is 0 Å². The fourth-order valence-electron chi connectivity index (χ4n) is 4.22. The molecule has 3 heterocycles. The second kappa shape index (κ2) is 9.69. The van der Waals surface area contributed by atoms with E-state index in [0.29, 0.717) is 46.5 Å². The van der Waals surface area contributed by atoms with Gasteiger partial charge in [0.25, 0.3) is 11.5 Å². The number of anilines is 1. The van der Waals surface area contributed by atoms with Gasteiger partial charge < -0.3 is 24.2 Å². The molecule has 12 heteroatoms. The van der Waals surface area contributed by atoms with Crippen molar-refractivity contribution >= 4 is 22.8 Å². The van der Waals surface area contributed by atoms with E-state index >= 15 is 0 Å². The Kier molecular flexibility index (Phi) is 6.39. The van der Waals surface area contributed by atoms with Gasteiger partial charge in [0.1, 0.15) is 18.4 Å². The van der Waals surface area contributed by atoms with E-state index in [1.54, 1.807) is 31.4 Å². The van der Waals surface area contributed by atoms with Gasteiger partial charge in [-0.1, -0.05) is 6.54 Å². The number of alkyl halides is 3. The second-order valence-electron chi connectivity index (χ2n) is 8.54. The standard InChI is InChI=1S/C26H22F3N4O5/c1-36-18-7-8-21-16(11-18)12-22(38-21)24(35)32-10-9-20-19(14-32)23(34)33(37-2)25(31-20)30-13-15-3-5-17(6-4-15)26(27,28)29/h3-8,11-13H,9-10,14H2,1-2H3,(H,30,31)/q-1. The molecular weight excluding hydrogens is 505 g/mol. The van der Waals surface area contributed by atoms with Gasteiger partial charge in [-0.2, -0.15) is 30.9 Å². The Morgan fingerprint density at radius 3 is 2.58 bits per heavy atom. The van der Waals surface area contributed by atoms with Crippen LogP contribution in [0.25, 0.3) is 11.0 Å². The van der Waals surface area contributed by atoms with Crippen LogP contribution in [0.4, 0.5) is 19.1 Å². The van der Waals surface area contributed by atoms with Crippen LogP contribution in [0.3, 0.4) is 0 Å². The van der Waals surface area contributed by atoms with Gasteiger partial charge in [0.15, 0.2) is 5.76 Å². The van der Waals surface area contributed by atoms with Crippen molar-refractivity contribution in [1.29, 1.82) is 0 Å². The highest BCUT2D eigenvalue weighted by molar-refractivity contribution is 5.96. The summed E-state index contributed by atoms with van der Waals surface area (Å²) in [5, 5.41) is 3.54. The lowest BCUT2D eigenvalue weighted by Gasteiger charge is -2.28. The topological polar surface area (TPSA) is 98.8 Å². The van der Waals surface area contributed by atoms with E-state index in [2.05, 4.69) is 10.3 Å². The molecule has 38 heavy (non-hydrogen) atoms. The average Bonchev–Trinajstić information content (AvgIpc) is 3.34. The molecule has 0 fully saturated rings. The normalized spacial score (nSPS) is 13.2. The third-order valence-electron chi connectivity index (χ3n) is 6.20. The van der Waals surface area contributed by atoms with Crippen LogP contribution >= 0.6 is 0 Å². The molecule has 2 aromatic carbocycles. The maximum absolute atomic E-state index is 13.2. The third kappa shape index (κ3) is 4.72. The molecule has 4 aromatic rings. The van der Waals surface area contributed by atoms with Crippen LogP contribution in [-0.4, -0.2) is 41.3 Å². The maximum Gasteiger partial charge on any atom is 0.414 e. The number of carbonyl (C=O) groups is 1. The van der Waals surface area contributed by atoms with Gasteiger partial charge in [0, 0.05) is 23.9 Å². The molecule has 0 unspecified atom stereocenters. The van der Waals surface area contributed by atoms with Gasteiger partial charge in [0.2, 0.25) is 5.95 Å². The predicted molar refractivity (Wildman–Crippen MR) is 131 cm³/mol. The van der Waals surface area contributed by atoms with Gasteiger partial charge in [-0.3, -0.25) is 9.59 Å². The quantitative estimate of drug-likeness (QED) is 0.380. The van der Waals surface area contributed by atoms with E-state index in [0.717, 1.165) is 16.9 Å². The summed E-state index contributed by atoms with van der Waals surface area (Å²) in [6.45, 7) is 1.73. The average molecular weight is 527 g/mol. The maximum atomic E-state index is 13.2. The van der Waals surface area contributed by atoms with Crippen LogP contribution in [0.1, 0.15) is 32.9 Å². The van der Waals surface area contributed by atoms with Crippen molar-refractivity contribution < 1.29 is 32.0 Å². The molecule has 1 N–H and O–H groups in total. The molecule has 2 aromatic heterocycles. The lowest BCUT2D eigenvalue weighted by Crippen LogP contribution is -2.42. The molecular formula is C26H22F3N4O5-.